The second-order valence-corrected chi connectivity index (χ2v) is 12.0. The summed E-state index contributed by atoms with van der Waals surface area (Å²) < 4.78 is 5.69. The molecule has 1 aromatic carbocycles. The van der Waals surface area contributed by atoms with Crippen LogP contribution >= 0.6 is 7.49 Å². The highest BCUT2D eigenvalue weighted by molar-refractivity contribution is 7.77. The standard InChI is InChI=1S/C24H30N6O2P/c1-3-26-20-13-22(29-24-23(20)16(14-25)15-27-24)28-19-7-6-18(12-21(19)32-2)33(31)10-8-30(9-11-33)17-4-5-17/h6-7,12-13,15,17,31H,3-5,8-11H2,1-2H3,(H3,26,27,28,29)/q+1. The molecule has 3 heterocycles. The summed E-state index contributed by atoms with van der Waals surface area (Å²) in [6, 6.07) is 10.8. The van der Waals surface area contributed by atoms with Gasteiger partial charge in [-0.1, -0.05) is 0 Å². The number of aromatic nitrogens is 2. The number of aromatic amines is 1. The predicted molar refractivity (Wildman–Crippen MR) is 134 cm³/mol. The molecule has 1 saturated carbocycles. The molecule has 5 rings (SSSR count). The number of nitriles is 1. The van der Waals surface area contributed by atoms with Crippen molar-refractivity contribution in [2.45, 2.75) is 25.8 Å². The number of hydrogen-bond acceptors (Lipinski definition) is 7. The summed E-state index contributed by atoms with van der Waals surface area (Å²) in [5, 5.41) is 17.9. The van der Waals surface area contributed by atoms with Crippen LogP contribution in [0.15, 0.2) is 30.5 Å². The molecule has 8 nitrogen and oxygen atoms in total. The van der Waals surface area contributed by atoms with Crippen molar-refractivity contribution in [3.05, 3.63) is 36.0 Å². The topological polar surface area (TPSA) is 109 Å². The zero-order valence-corrected chi connectivity index (χ0v) is 20.0. The highest BCUT2D eigenvalue weighted by atomic mass is 31.2. The highest BCUT2D eigenvalue weighted by Gasteiger charge is 2.45. The first kappa shape index (κ1) is 22.0. The van der Waals surface area contributed by atoms with E-state index in [0.717, 1.165) is 60.1 Å². The normalized spacial score (nSPS) is 18.1. The van der Waals surface area contributed by atoms with E-state index in [-0.39, 0.29) is 0 Å². The molecule has 4 N–H and O–H groups in total. The van der Waals surface area contributed by atoms with Crippen molar-refractivity contribution in [2.75, 3.05) is 49.7 Å². The lowest BCUT2D eigenvalue weighted by Gasteiger charge is -2.32. The molecule has 3 aromatic rings. The van der Waals surface area contributed by atoms with Crippen LogP contribution in [0.1, 0.15) is 25.3 Å². The molecule has 0 atom stereocenters. The van der Waals surface area contributed by atoms with Gasteiger partial charge in [-0.25, -0.2) is 9.88 Å². The van der Waals surface area contributed by atoms with Crippen LogP contribution in [0, 0.1) is 11.3 Å². The largest absolute Gasteiger partial charge is 0.494 e. The van der Waals surface area contributed by atoms with Gasteiger partial charge in [-0.3, -0.25) is 4.90 Å². The Morgan fingerprint density at radius 1 is 1.27 bits per heavy atom. The summed E-state index contributed by atoms with van der Waals surface area (Å²) in [6.07, 6.45) is 5.98. The minimum absolute atomic E-state index is 0.562. The molecule has 2 aliphatic rings. The Morgan fingerprint density at radius 2 is 2.06 bits per heavy atom. The van der Waals surface area contributed by atoms with Gasteiger partial charge in [0.05, 0.1) is 29.4 Å². The first-order chi connectivity index (χ1) is 16.0. The van der Waals surface area contributed by atoms with Gasteiger partial charge >= 0.3 is 0 Å². The molecular formula is C24H30N6O2P+. The summed E-state index contributed by atoms with van der Waals surface area (Å²) >= 11 is 0. The summed E-state index contributed by atoms with van der Waals surface area (Å²) in [4.78, 5) is 21.7. The van der Waals surface area contributed by atoms with Gasteiger partial charge in [0.2, 0.25) is 0 Å². The van der Waals surface area contributed by atoms with Crippen molar-refractivity contribution < 1.29 is 9.63 Å². The zero-order valence-electron chi connectivity index (χ0n) is 19.1. The minimum atomic E-state index is -2.17. The van der Waals surface area contributed by atoms with Gasteiger partial charge in [-0.15, -0.1) is 0 Å². The molecule has 1 aliphatic heterocycles. The van der Waals surface area contributed by atoms with E-state index in [9.17, 15) is 10.2 Å². The quantitative estimate of drug-likeness (QED) is 0.395. The van der Waals surface area contributed by atoms with Crippen LogP contribution in [0.25, 0.3) is 11.0 Å². The molecule has 2 fully saturated rings. The fourth-order valence-corrected chi connectivity index (χ4v) is 7.30. The Labute approximate surface area is 194 Å². The van der Waals surface area contributed by atoms with Gasteiger partial charge < -0.3 is 20.4 Å². The maximum atomic E-state index is 11.5. The van der Waals surface area contributed by atoms with Crippen LogP contribution in [0.2, 0.25) is 0 Å². The number of rotatable bonds is 7. The van der Waals surface area contributed by atoms with E-state index in [2.05, 4.69) is 31.6 Å². The van der Waals surface area contributed by atoms with Crippen LogP contribution < -0.4 is 20.7 Å². The summed E-state index contributed by atoms with van der Waals surface area (Å²) in [5.74, 6) is 1.32. The van der Waals surface area contributed by atoms with E-state index >= 15 is 0 Å². The monoisotopic (exact) mass is 465 g/mol. The first-order valence-electron chi connectivity index (χ1n) is 11.5. The van der Waals surface area contributed by atoms with E-state index in [1.54, 1.807) is 13.3 Å². The number of nitrogens with one attached hydrogen (secondary N) is 3. The smallest absolute Gasteiger partial charge is 0.176 e. The van der Waals surface area contributed by atoms with Crippen LogP contribution in [0.4, 0.5) is 17.2 Å². The molecule has 0 amide bonds. The van der Waals surface area contributed by atoms with Crippen molar-refractivity contribution in [3.63, 3.8) is 0 Å². The molecule has 9 heteroatoms. The van der Waals surface area contributed by atoms with Crippen molar-refractivity contribution in [2.24, 2.45) is 0 Å². The summed E-state index contributed by atoms with van der Waals surface area (Å²) in [7, 11) is -0.522. The maximum absolute atomic E-state index is 11.5. The number of fused-ring (bicyclic) bond motifs is 1. The third-order valence-corrected chi connectivity index (χ3v) is 9.75. The Bertz CT molecular complexity index is 1210. The van der Waals surface area contributed by atoms with Crippen molar-refractivity contribution in [1.82, 2.24) is 14.9 Å². The zero-order chi connectivity index (χ0) is 23.0. The Hall–Kier alpha value is -2.85. The van der Waals surface area contributed by atoms with Gasteiger partial charge in [-0.05, 0) is 31.9 Å². The molecule has 0 bridgehead atoms. The fraction of sp³-hybridized carbons (Fsp3) is 0.417. The van der Waals surface area contributed by atoms with E-state index in [4.69, 9.17) is 4.74 Å². The Morgan fingerprint density at radius 3 is 2.73 bits per heavy atom. The van der Waals surface area contributed by atoms with E-state index in [0.29, 0.717) is 22.8 Å². The molecule has 1 aliphatic carbocycles. The van der Waals surface area contributed by atoms with Gasteiger partial charge in [0.25, 0.3) is 0 Å². The second-order valence-electron chi connectivity index (χ2n) is 8.77. The number of ether oxygens (including phenoxy) is 1. The average Bonchev–Trinajstić information content (AvgIpc) is 3.59. The molecule has 0 unspecified atom stereocenters. The van der Waals surface area contributed by atoms with Gasteiger partial charge in [0.15, 0.2) is 7.49 Å². The number of methoxy groups -OCH3 is 1. The first-order valence-corrected chi connectivity index (χ1v) is 13.6. The lowest BCUT2D eigenvalue weighted by molar-refractivity contribution is 0.282. The fourth-order valence-electron chi connectivity index (χ4n) is 4.67. The van der Waals surface area contributed by atoms with Gasteiger partial charge in [0, 0.05) is 44.0 Å². The van der Waals surface area contributed by atoms with Crippen LogP contribution in [0.5, 0.6) is 5.75 Å². The molecule has 172 valence electrons. The van der Waals surface area contributed by atoms with Crippen LogP contribution in [-0.2, 0) is 0 Å². The Balaban J connectivity index is 1.41. The number of nitrogens with zero attached hydrogens (tertiary/aromatic N) is 3. The van der Waals surface area contributed by atoms with Crippen molar-refractivity contribution in [1.29, 1.82) is 5.26 Å². The van der Waals surface area contributed by atoms with Crippen LogP contribution in [0.3, 0.4) is 0 Å². The number of anilines is 3. The molecule has 0 radical (unpaired) electrons. The third-order valence-electron chi connectivity index (χ3n) is 6.64. The van der Waals surface area contributed by atoms with E-state index in [1.165, 1.54) is 12.8 Å². The minimum Gasteiger partial charge on any atom is -0.494 e. The molecular weight excluding hydrogens is 435 g/mol. The number of benzene rings is 1. The maximum Gasteiger partial charge on any atom is 0.176 e. The van der Waals surface area contributed by atoms with Crippen molar-refractivity contribution in [3.8, 4) is 11.8 Å². The highest BCUT2D eigenvalue weighted by Crippen LogP contribution is 2.56. The van der Waals surface area contributed by atoms with E-state index in [1.807, 2.05) is 31.2 Å². The Kier molecular flexibility index (Phi) is 5.88. The lowest BCUT2D eigenvalue weighted by atomic mass is 10.2. The predicted octanol–water partition coefficient (Wildman–Crippen LogP) is 3.65. The molecule has 1 saturated heterocycles. The van der Waals surface area contributed by atoms with E-state index < -0.39 is 7.49 Å². The lowest BCUT2D eigenvalue weighted by Crippen LogP contribution is -2.40. The number of hydrogen-bond donors (Lipinski definition) is 4. The summed E-state index contributed by atoms with van der Waals surface area (Å²) in [5.41, 5.74) is 2.84. The van der Waals surface area contributed by atoms with Gasteiger partial charge in [0.1, 0.15) is 40.9 Å². The van der Waals surface area contributed by atoms with Crippen molar-refractivity contribution >= 4 is 41.0 Å². The number of pyridine rings is 1. The number of H-pyrrole nitrogens is 1. The third kappa shape index (κ3) is 4.24. The van der Waals surface area contributed by atoms with Crippen LogP contribution in [-0.4, -0.2) is 64.9 Å². The second kappa shape index (κ2) is 8.83. The molecule has 33 heavy (non-hydrogen) atoms. The molecule has 0 spiro atoms. The van der Waals surface area contributed by atoms with Gasteiger partial charge in [-0.2, -0.15) is 5.26 Å². The molecule has 2 aromatic heterocycles. The average molecular weight is 466 g/mol. The summed E-state index contributed by atoms with van der Waals surface area (Å²) in [6.45, 7) is 4.71. The SMILES string of the molecule is CCNc1cc(Nc2ccc([P+]3(O)CCN(C4CC4)CC3)cc2OC)nc2[nH]cc(C#N)c12.